The molecule has 1 aliphatic heterocycles. The molecule has 1 N–H and O–H groups in total. The fourth-order valence-corrected chi connectivity index (χ4v) is 2.59. The average molecular weight is 247 g/mol. The molecule has 1 aromatic carbocycles. The van der Waals surface area contributed by atoms with Crippen molar-refractivity contribution in [2.75, 3.05) is 13.7 Å². The molecule has 1 aromatic rings. The Hall–Kier alpha value is -1.35. The minimum Gasteiger partial charge on any atom is -0.469 e. The van der Waals surface area contributed by atoms with Crippen molar-refractivity contribution in [3.63, 3.8) is 0 Å². The quantitative estimate of drug-likeness (QED) is 0.829. The van der Waals surface area contributed by atoms with E-state index in [1.54, 1.807) is 0 Å². The Balaban J connectivity index is 1.81. The maximum Gasteiger partial charge on any atom is 0.308 e. The maximum atomic E-state index is 11.5. The van der Waals surface area contributed by atoms with Crippen LogP contribution < -0.4 is 5.32 Å². The number of hydrogen-bond donors (Lipinski definition) is 1. The van der Waals surface area contributed by atoms with E-state index in [1.165, 1.54) is 12.7 Å². The van der Waals surface area contributed by atoms with E-state index < -0.39 is 0 Å². The first kappa shape index (κ1) is 13.1. The first-order valence-electron chi connectivity index (χ1n) is 6.64. The van der Waals surface area contributed by atoms with Gasteiger partial charge in [-0.3, -0.25) is 4.79 Å². The third-order valence-corrected chi connectivity index (χ3v) is 3.65. The van der Waals surface area contributed by atoms with Gasteiger partial charge in [-0.1, -0.05) is 30.3 Å². The molecule has 0 bridgehead atoms. The molecule has 0 saturated carbocycles. The highest BCUT2D eigenvalue weighted by atomic mass is 16.5. The van der Waals surface area contributed by atoms with Crippen LogP contribution in [0.5, 0.6) is 0 Å². The zero-order chi connectivity index (χ0) is 12.8. The van der Waals surface area contributed by atoms with Crippen LogP contribution in [-0.4, -0.2) is 25.7 Å². The number of benzene rings is 1. The lowest BCUT2D eigenvalue weighted by Gasteiger charge is -2.28. The second-order valence-corrected chi connectivity index (χ2v) is 4.92. The van der Waals surface area contributed by atoms with Gasteiger partial charge in [0.05, 0.1) is 13.0 Å². The van der Waals surface area contributed by atoms with Gasteiger partial charge in [0, 0.05) is 6.04 Å². The molecule has 0 radical (unpaired) electrons. The summed E-state index contributed by atoms with van der Waals surface area (Å²) in [6.45, 7) is 0.916. The highest BCUT2D eigenvalue weighted by Crippen LogP contribution is 2.20. The van der Waals surface area contributed by atoms with Crippen molar-refractivity contribution in [3.05, 3.63) is 35.9 Å². The molecule has 0 amide bonds. The van der Waals surface area contributed by atoms with Gasteiger partial charge in [0.2, 0.25) is 0 Å². The van der Waals surface area contributed by atoms with E-state index in [0.717, 1.165) is 32.2 Å². The third kappa shape index (κ3) is 3.57. The van der Waals surface area contributed by atoms with Gasteiger partial charge in [-0.2, -0.15) is 0 Å². The van der Waals surface area contributed by atoms with E-state index in [-0.39, 0.29) is 11.9 Å². The number of esters is 1. The number of hydrogen-bond acceptors (Lipinski definition) is 3. The molecule has 1 heterocycles. The number of carbonyl (C=O) groups excluding carboxylic acids is 1. The Morgan fingerprint density at radius 1 is 1.39 bits per heavy atom. The van der Waals surface area contributed by atoms with Crippen molar-refractivity contribution in [1.29, 1.82) is 0 Å². The van der Waals surface area contributed by atoms with E-state index in [1.807, 2.05) is 6.07 Å². The summed E-state index contributed by atoms with van der Waals surface area (Å²) in [7, 11) is 1.48. The topological polar surface area (TPSA) is 38.3 Å². The molecule has 0 aliphatic carbocycles. The van der Waals surface area contributed by atoms with Crippen molar-refractivity contribution < 1.29 is 9.53 Å². The first-order chi connectivity index (χ1) is 8.79. The SMILES string of the molecule is COC(=O)C1CCNC(CCc2ccccc2)C1. The average Bonchev–Trinajstić information content (AvgIpc) is 2.45. The van der Waals surface area contributed by atoms with Crippen LogP contribution >= 0.6 is 0 Å². The summed E-state index contributed by atoms with van der Waals surface area (Å²) in [5.41, 5.74) is 1.36. The van der Waals surface area contributed by atoms with Gasteiger partial charge in [0.15, 0.2) is 0 Å². The molecule has 1 aliphatic rings. The van der Waals surface area contributed by atoms with E-state index in [2.05, 4.69) is 29.6 Å². The highest BCUT2D eigenvalue weighted by Gasteiger charge is 2.27. The third-order valence-electron chi connectivity index (χ3n) is 3.65. The van der Waals surface area contributed by atoms with Crippen LogP contribution in [-0.2, 0) is 16.0 Å². The summed E-state index contributed by atoms with van der Waals surface area (Å²) in [4.78, 5) is 11.5. The van der Waals surface area contributed by atoms with Crippen molar-refractivity contribution >= 4 is 5.97 Å². The standard InChI is InChI=1S/C15H21NO2/c1-18-15(17)13-9-10-16-14(11-13)8-7-12-5-3-2-4-6-12/h2-6,13-14,16H,7-11H2,1H3. The second kappa shape index (κ2) is 6.55. The van der Waals surface area contributed by atoms with Gasteiger partial charge in [-0.15, -0.1) is 0 Å². The molecule has 0 spiro atoms. The summed E-state index contributed by atoms with van der Waals surface area (Å²) >= 11 is 0. The highest BCUT2D eigenvalue weighted by molar-refractivity contribution is 5.72. The monoisotopic (exact) mass is 247 g/mol. The summed E-state index contributed by atoms with van der Waals surface area (Å²) < 4.78 is 4.83. The van der Waals surface area contributed by atoms with Crippen molar-refractivity contribution in [2.45, 2.75) is 31.7 Å². The molecular weight excluding hydrogens is 226 g/mol. The number of piperidine rings is 1. The lowest BCUT2D eigenvalue weighted by molar-refractivity contribution is -0.146. The van der Waals surface area contributed by atoms with Crippen LogP contribution in [0, 0.1) is 5.92 Å². The van der Waals surface area contributed by atoms with Gasteiger partial charge in [0.1, 0.15) is 0 Å². The zero-order valence-corrected chi connectivity index (χ0v) is 10.9. The van der Waals surface area contributed by atoms with E-state index in [0.29, 0.717) is 6.04 Å². The molecule has 2 atom stereocenters. The Morgan fingerprint density at radius 3 is 2.89 bits per heavy atom. The predicted molar refractivity (Wildman–Crippen MR) is 71.3 cm³/mol. The Labute approximate surface area is 109 Å². The number of nitrogens with one attached hydrogen (secondary N) is 1. The molecule has 0 aromatic heterocycles. The molecule has 98 valence electrons. The van der Waals surface area contributed by atoms with Crippen molar-refractivity contribution in [1.82, 2.24) is 5.32 Å². The smallest absolute Gasteiger partial charge is 0.308 e. The molecule has 3 heteroatoms. The van der Waals surface area contributed by atoms with Crippen molar-refractivity contribution in [2.24, 2.45) is 5.92 Å². The van der Waals surface area contributed by atoms with Crippen LogP contribution in [0.3, 0.4) is 0 Å². The van der Waals surface area contributed by atoms with Gasteiger partial charge in [0.25, 0.3) is 0 Å². The minimum absolute atomic E-state index is 0.0544. The molecule has 2 rings (SSSR count). The molecule has 2 unspecified atom stereocenters. The Morgan fingerprint density at radius 2 is 2.17 bits per heavy atom. The lowest BCUT2D eigenvalue weighted by atomic mass is 9.89. The molecule has 1 saturated heterocycles. The largest absolute Gasteiger partial charge is 0.469 e. The van der Waals surface area contributed by atoms with Crippen LogP contribution in [0.4, 0.5) is 0 Å². The normalized spacial score (nSPS) is 23.6. The fraction of sp³-hybridized carbons (Fsp3) is 0.533. The van der Waals surface area contributed by atoms with Crippen molar-refractivity contribution in [3.8, 4) is 0 Å². The van der Waals surface area contributed by atoms with E-state index in [4.69, 9.17) is 4.74 Å². The van der Waals surface area contributed by atoms with E-state index >= 15 is 0 Å². The van der Waals surface area contributed by atoms with E-state index in [9.17, 15) is 4.79 Å². The van der Waals surface area contributed by atoms with Crippen LogP contribution in [0.25, 0.3) is 0 Å². The fourth-order valence-electron chi connectivity index (χ4n) is 2.59. The molecule has 18 heavy (non-hydrogen) atoms. The molecule has 1 fully saturated rings. The minimum atomic E-state index is -0.0544. The second-order valence-electron chi connectivity index (χ2n) is 4.92. The maximum absolute atomic E-state index is 11.5. The number of ether oxygens (including phenoxy) is 1. The lowest BCUT2D eigenvalue weighted by Crippen LogP contribution is -2.41. The van der Waals surface area contributed by atoms with Gasteiger partial charge in [-0.25, -0.2) is 0 Å². The summed E-state index contributed by atoms with van der Waals surface area (Å²) in [6, 6.07) is 10.9. The summed E-state index contributed by atoms with van der Waals surface area (Å²) in [5, 5.41) is 3.49. The van der Waals surface area contributed by atoms with Gasteiger partial charge in [-0.05, 0) is 37.8 Å². The summed E-state index contributed by atoms with van der Waals surface area (Å²) in [5.74, 6) is 0.0261. The van der Waals surface area contributed by atoms with Gasteiger partial charge >= 0.3 is 5.97 Å². The predicted octanol–water partition coefficient (Wildman–Crippen LogP) is 2.16. The Bertz CT molecular complexity index is 377. The number of methoxy groups -OCH3 is 1. The summed E-state index contributed by atoms with van der Waals surface area (Å²) in [6.07, 6.45) is 3.94. The zero-order valence-electron chi connectivity index (χ0n) is 10.9. The Kier molecular flexibility index (Phi) is 4.76. The number of rotatable bonds is 4. The first-order valence-corrected chi connectivity index (χ1v) is 6.64. The number of carbonyl (C=O) groups is 1. The van der Waals surface area contributed by atoms with Crippen LogP contribution in [0.2, 0.25) is 0 Å². The number of aryl methyl sites for hydroxylation is 1. The van der Waals surface area contributed by atoms with Crippen LogP contribution in [0.15, 0.2) is 30.3 Å². The van der Waals surface area contributed by atoms with Gasteiger partial charge < -0.3 is 10.1 Å². The molecule has 3 nitrogen and oxygen atoms in total. The van der Waals surface area contributed by atoms with Crippen LogP contribution in [0.1, 0.15) is 24.8 Å². The molecular formula is C15H21NO2.